The lowest BCUT2D eigenvalue weighted by molar-refractivity contribution is -0.131. The quantitative estimate of drug-likeness (QED) is 0.609. The van der Waals surface area contributed by atoms with Crippen LogP contribution in [-0.2, 0) is 4.79 Å². The molecule has 0 unspecified atom stereocenters. The Balaban J connectivity index is 1.31. The van der Waals surface area contributed by atoms with Crippen molar-refractivity contribution in [2.75, 3.05) is 37.6 Å². The van der Waals surface area contributed by atoms with Crippen LogP contribution in [-0.4, -0.2) is 59.2 Å². The molecule has 0 bridgehead atoms. The number of nitrogens with zero attached hydrogens (tertiary/aromatic N) is 4. The molecule has 10 heteroatoms. The summed E-state index contributed by atoms with van der Waals surface area (Å²) in [4.78, 5) is 40.8. The standard InChI is InChI=1S/C22H22ClN5O4/c23-20-18(14-25-28(22(20)31)17-4-2-1-3-5-17)26-9-11-27(12-10-26)19(29)6-8-24-21(30)16-7-13-32-15-16/h1-5,7,13-15H,6,8-12H2,(H,24,30). The van der Waals surface area contributed by atoms with Crippen molar-refractivity contribution < 1.29 is 14.0 Å². The molecular formula is C22H22ClN5O4. The summed E-state index contributed by atoms with van der Waals surface area (Å²) in [5, 5.41) is 7.07. The van der Waals surface area contributed by atoms with Gasteiger partial charge in [-0.15, -0.1) is 0 Å². The van der Waals surface area contributed by atoms with Gasteiger partial charge in [-0.05, 0) is 18.2 Å². The number of benzene rings is 1. The van der Waals surface area contributed by atoms with Crippen LogP contribution in [0.5, 0.6) is 0 Å². The second-order valence-electron chi connectivity index (χ2n) is 7.28. The average Bonchev–Trinajstić information content (AvgIpc) is 3.37. The highest BCUT2D eigenvalue weighted by atomic mass is 35.5. The molecule has 0 radical (unpaired) electrons. The largest absolute Gasteiger partial charge is 0.472 e. The lowest BCUT2D eigenvalue weighted by Gasteiger charge is -2.36. The molecular weight excluding hydrogens is 434 g/mol. The number of rotatable bonds is 6. The zero-order valence-corrected chi connectivity index (χ0v) is 18.0. The summed E-state index contributed by atoms with van der Waals surface area (Å²) in [6.45, 7) is 2.29. The van der Waals surface area contributed by atoms with Crippen LogP contribution in [0.2, 0.25) is 5.02 Å². The van der Waals surface area contributed by atoms with Gasteiger partial charge in [0.05, 0.1) is 29.4 Å². The van der Waals surface area contributed by atoms with Crippen LogP contribution in [0.15, 0.2) is 64.3 Å². The van der Waals surface area contributed by atoms with E-state index in [2.05, 4.69) is 10.4 Å². The van der Waals surface area contributed by atoms with E-state index in [9.17, 15) is 14.4 Å². The molecule has 3 heterocycles. The molecule has 1 aromatic carbocycles. The fourth-order valence-corrected chi connectivity index (χ4v) is 3.78. The number of carbonyl (C=O) groups is 2. The lowest BCUT2D eigenvalue weighted by atomic mass is 10.2. The number of furan rings is 1. The molecule has 0 saturated carbocycles. The second-order valence-corrected chi connectivity index (χ2v) is 7.66. The third kappa shape index (κ3) is 4.67. The summed E-state index contributed by atoms with van der Waals surface area (Å²) >= 11 is 6.38. The highest BCUT2D eigenvalue weighted by Gasteiger charge is 2.24. The number of hydrogen-bond acceptors (Lipinski definition) is 6. The number of hydrogen-bond donors (Lipinski definition) is 1. The Hall–Kier alpha value is -3.59. The number of anilines is 1. The normalized spacial score (nSPS) is 13.8. The van der Waals surface area contributed by atoms with Crippen molar-refractivity contribution in [1.82, 2.24) is 20.0 Å². The van der Waals surface area contributed by atoms with Crippen molar-refractivity contribution in [3.63, 3.8) is 0 Å². The van der Waals surface area contributed by atoms with Gasteiger partial charge in [0, 0.05) is 39.1 Å². The number of para-hydroxylation sites is 1. The molecule has 1 aliphatic rings. The van der Waals surface area contributed by atoms with Crippen molar-refractivity contribution in [2.24, 2.45) is 0 Å². The number of aromatic nitrogens is 2. The number of piperazine rings is 1. The van der Waals surface area contributed by atoms with Crippen LogP contribution in [0.25, 0.3) is 5.69 Å². The number of amides is 2. The third-order valence-electron chi connectivity index (χ3n) is 5.28. The van der Waals surface area contributed by atoms with Crippen LogP contribution in [0.1, 0.15) is 16.8 Å². The predicted octanol–water partition coefficient (Wildman–Crippen LogP) is 1.95. The first-order chi connectivity index (χ1) is 15.5. The molecule has 1 saturated heterocycles. The van der Waals surface area contributed by atoms with Crippen molar-refractivity contribution in [3.05, 3.63) is 76.1 Å². The minimum atomic E-state index is -0.387. The van der Waals surface area contributed by atoms with Gasteiger partial charge in [0.1, 0.15) is 11.3 Å². The van der Waals surface area contributed by atoms with Gasteiger partial charge in [0.15, 0.2) is 0 Å². The van der Waals surface area contributed by atoms with E-state index in [1.54, 1.807) is 29.3 Å². The first-order valence-corrected chi connectivity index (χ1v) is 10.6. The minimum Gasteiger partial charge on any atom is -0.472 e. The molecule has 1 aliphatic heterocycles. The Morgan fingerprint density at radius 3 is 2.53 bits per heavy atom. The number of nitrogens with one attached hydrogen (secondary N) is 1. The highest BCUT2D eigenvalue weighted by Crippen LogP contribution is 2.23. The highest BCUT2D eigenvalue weighted by molar-refractivity contribution is 6.33. The molecule has 166 valence electrons. The molecule has 9 nitrogen and oxygen atoms in total. The van der Waals surface area contributed by atoms with Gasteiger partial charge in [0.25, 0.3) is 11.5 Å². The van der Waals surface area contributed by atoms with Crippen molar-refractivity contribution in [2.45, 2.75) is 6.42 Å². The van der Waals surface area contributed by atoms with E-state index < -0.39 is 0 Å². The lowest BCUT2D eigenvalue weighted by Crippen LogP contribution is -2.49. The number of carbonyl (C=O) groups excluding carboxylic acids is 2. The van der Waals surface area contributed by atoms with E-state index >= 15 is 0 Å². The fourth-order valence-electron chi connectivity index (χ4n) is 3.53. The van der Waals surface area contributed by atoms with E-state index in [0.29, 0.717) is 43.1 Å². The van der Waals surface area contributed by atoms with Crippen LogP contribution < -0.4 is 15.8 Å². The summed E-state index contributed by atoms with van der Waals surface area (Å²) in [6.07, 6.45) is 4.57. The van der Waals surface area contributed by atoms with Crippen molar-refractivity contribution in [3.8, 4) is 5.69 Å². The molecule has 3 aromatic rings. The third-order valence-corrected chi connectivity index (χ3v) is 5.64. The Bertz CT molecular complexity index is 1140. The molecule has 32 heavy (non-hydrogen) atoms. The van der Waals surface area contributed by atoms with E-state index in [0.717, 1.165) is 0 Å². The van der Waals surface area contributed by atoms with E-state index in [1.165, 1.54) is 17.2 Å². The summed E-state index contributed by atoms with van der Waals surface area (Å²) < 4.78 is 6.14. The fraction of sp³-hybridized carbons (Fsp3) is 0.273. The van der Waals surface area contributed by atoms with Gasteiger partial charge in [-0.25, -0.2) is 0 Å². The summed E-state index contributed by atoms with van der Waals surface area (Å²) in [5.41, 5.74) is 1.23. The first kappa shape index (κ1) is 21.6. The Labute approximate surface area is 189 Å². The predicted molar refractivity (Wildman–Crippen MR) is 119 cm³/mol. The molecule has 4 rings (SSSR count). The van der Waals surface area contributed by atoms with Gasteiger partial charge in [-0.2, -0.15) is 9.78 Å². The Kier molecular flexibility index (Phi) is 6.55. The van der Waals surface area contributed by atoms with E-state index in [-0.39, 0.29) is 35.4 Å². The van der Waals surface area contributed by atoms with Gasteiger partial charge in [-0.1, -0.05) is 29.8 Å². The van der Waals surface area contributed by atoms with Crippen molar-refractivity contribution >= 4 is 29.1 Å². The van der Waals surface area contributed by atoms with Gasteiger partial charge >= 0.3 is 0 Å². The zero-order chi connectivity index (χ0) is 22.5. The summed E-state index contributed by atoms with van der Waals surface area (Å²) in [6, 6.07) is 10.6. The number of halogens is 1. The monoisotopic (exact) mass is 455 g/mol. The maximum Gasteiger partial charge on any atom is 0.292 e. The molecule has 1 fully saturated rings. The maximum absolute atomic E-state index is 12.7. The molecule has 2 amide bonds. The van der Waals surface area contributed by atoms with Gasteiger partial charge in [-0.3, -0.25) is 14.4 Å². The zero-order valence-electron chi connectivity index (χ0n) is 17.2. The minimum absolute atomic E-state index is 0.0409. The molecule has 1 N–H and O–H groups in total. The second kappa shape index (κ2) is 9.69. The first-order valence-electron chi connectivity index (χ1n) is 10.2. The van der Waals surface area contributed by atoms with Gasteiger partial charge in [0.2, 0.25) is 5.91 Å². The smallest absolute Gasteiger partial charge is 0.292 e. The Morgan fingerprint density at radius 1 is 1.09 bits per heavy atom. The van der Waals surface area contributed by atoms with Crippen LogP contribution in [0.4, 0.5) is 5.69 Å². The molecule has 0 aliphatic carbocycles. The summed E-state index contributed by atoms with van der Waals surface area (Å²) in [5.74, 6) is -0.315. The SMILES string of the molecule is O=C(NCCC(=O)N1CCN(c2cnn(-c3ccccc3)c(=O)c2Cl)CC1)c1ccoc1. The Morgan fingerprint density at radius 2 is 1.84 bits per heavy atom. The van der Waals surface area contributed by atoms with E-state index in [1.807, 2.05) is 23.1 Å². The molecule has 2 aromatic heterocycles. The van der Waals surface area contributed by atoms with Crippen molar-refractivity contribution in [1.29, 1.82) is 0 Å². The van der Waals surface area contributed by atoms with Crippen LogP contribution in [0.3, 0.4) is 0 Å². The average molecular weight is 456 g/mol. The van der Waals surface area contributed by atoms with Crippen LogP contribution >= 0.6 is 11.6 Å². The van der Waals surface area contributed by atoms with Crippen LogP contribution in [0, 0.1) is 0 Å². The maximum atomic E-state index is 12.7. The summed E-state index contributed by atoms with van der Waals surface area (Å²) in [7, 11) is 0. The molecule has 0 spiro atoms. The topological polar surface area (TPSA) is 101 Å². The van der Waals surface area contributed by atoms with E-state index in [4.69, 9.17) is 16.0 Å². The molecule has 0 atom stereocenters. The van der Waals surface area contributed by atoms with Gasteiger partial charge < -0.3 is 19.5 Å².